The van der Waals surface area contributed by atoms with Crippen LogP contribution < -0.4 is 4.74 Å². The summed E-state index contributed by atoms with van der Waals surface area (Å²) in [6.45, 7) is 12.9. The average molecular weight is 494 g/mol. The lowest BCUT2D eigenvalue weighted by Crippen LogP contribution is -2.43. The Hall–Kier alpha value is -2.69. The molecule has 1 amide bonds. The molecule has 35 heavy (non-hydrogen) atoms. The molecule has 1 atom stereocenters. The van der Waals surface area contributed by atoms with Gasteiger partial charge in [-0.3, -0.25) is 24.2 Å². The van der Waals surface area contributed by atoms with Crippen molar-refractivity contribution in [3.63, 3.8) is 0 Å². The van der Waals surface area contributed by atoms with E-state index in [1.807, 2.05) is 0 Å². The summed E-state index contributed by atoms with van der Waals surface area (Å²) in [5.41, 5.74) is 3.63. The number of likely N-dealkylation sites (tertiary alicyclic amines) is 2. The third kappa shape index (κ3) is 7.65. The number of morpholine rings is 1. The van der Waals surface area contributed by atoms with Gasteiger partial charge in [0.15, 0.2) is 0 Å². The highest BCUT2D eigenvalue weighted by Crippen LogP contribution is 2.41. The second-order valence-electron chi connectivity index (χ2n) is 9.20. The van der Waals surface area contributed by atoms with Crippen LogP contribution in [0.5, 0.6) is 5.75 Å². The number of carboxylic acid groups (broad SMARTS) is 2. The lowest BCUT2D eigenvalue weighted by molar-refractivity contribution is -0.135. The smallest absolute Gasteiger partial charge is 0.290 e. The maximum absolute atomic E-state index is 13.2. The average Bonchev–Trinajstić information content (AvgIpc) is 3.39. The van der Waals surface area contributed by atoms with Gasteiger partial charge in [-0.1, -0.05) is 6.07 Å². The standard InChI is InChI=1S/C23H35N3O3.2CH2O2/c1-18-15-21(28-3)19(2)14-20(18)16-25-6-4-23(17-25)5-7-26(22(23)27)9-8-24-10-12-29-13-11-24;2*2-1-3/h14-15H,4-13,16-17H2,1-3H3;2*1H,(H,2,3). The van der Waals surface area contributed by atoms with Gasteiger partial charge in [-0.2, -0.15) is 0 Å². The van der Waals surface area contributed by atoms with Crippen molar-refractivity contribution in [2.24, 2.45) is 5.41 Å². The highest BCUT2D eigenvalue weighted by atomic mass is 16.5. The Morgan fingerprint density at radius 1 is 0.971 bits per heavy atom. The lowest BCUT2D eigenvalue weighted by Gasteiger charge is -2.29. The zero-order valence-electron chi connectivity index (χ0n) is 21.1. The van der Waals surface area contributed by atoms with Crippen molar-refractivity contribution in [2.45, 2.75) is 33.2 Å². The molecule has 3 aliphatic heterocycles. The van der Waals surface area contributed by atoms with Crippen LogP contribution in [-0.2, 0) is 25.7 Å². The summed E-state index contributed by atoms with van der Waals surface area (Å²) in [5, 5.41) is 13.8. The largest absolute Gasteiger partial charge is 0.496 e. The van der Waals surface area contributed by atoms with Crippen LogP contribution in [-0.4, -0.2) is 110 Å². The van der Waals surface area contributed by atoms with E-state index in [1.54, 1.807) is 7.11 Å². The molecule has 0 saturated carbocycles. The second-order valence-corrected chi connectivity index (χ2v) is 9.20. The second kappa shape index (κ2) is 14.0. The molecule has 10 heteroatoms. The van der Waals surface area contributed by atoms with Crippen LogP contribution >= 0.6 is 0 Å². The van der Waals surface area contributed by atoms with Gasteiger partial charge in [0.1, 0.15) is 5.75 Å². The van der Waals surface area contributed by atoms with Crippen molar-refractivity contribution in [3.8, 4) is 5.75 Å². The van der Waals surface area contributed by atoms with E-state index in [9.17, 15) is 4.79 Å². The third-order valence-corrected chi connectivity index (χ3v) is 7.07. The summed E-state index contributed by atoms with van der Waals surface area (Å²) >= 11 is 0. The van der Waals surface area contributed by atoms with E-state index in [1.165, 1.54) is 16.7 Å². The van der Waals surface area contributed by atoms with E-state index in [2.05, 4.69) is 40.7 Å². The summed E-state index contributed by atoms with van der Waals surface area (Å²) in [6.07, 6.45) is 2.00. The SMILES string of the molecule is COc1cc(C)c(CN2CCC3(CCN(CCN4CCOCC4)C3=O)C2)cc1C.O=CO.O=CO. The highest BCUT2D eigenvalue weighted by molar-refractivity contribution is 5.85. The molecule has 3 saturated heterocycles. The number of nitrogens with zero attached hydrogens (tertiary/aromatic N) is 3. The number of rotatable bonds is 6. The summed E-state index contributed by atoms with van der Waals surface area (Å²) < 4.78 is 10.9. The van der Waals surface area contributed by atoms with Gasteiger partial charge in [0.2, 0.25) is 5.91 Å². The minimum atomic E-state index is -0.250. The molecule has 3 heterocycles. The van der Waals surface area contributed by atoms with Gasteiger partial charge in [-0.15, -0.1) is 0 Å². The van der Waals surface area contributed by atoms with Crippen LogP contribution in [0.1, 0.15) is 29.5 Å². The van der Waals surface area contributed by atoms with Gasteiger partial charge < -0.3 is 24.6 Å². The predicted molar refractivity (Wildman–Crippen MR) is 131 cm³/mol. The molecule has 1 spiro atoms. The van der Waals surface area contributed by atoms with Crippen molar-refractivity contribution < 1.29 is 34.1 Å². The maximum atomic E-state index is 13.2. The summed E-state index contributed by atoms with van der Waals surface area (Å²) in [7, 11) is 1.72. The number of amides is 1. The van der Waals surface area contributed by atoms with Crippen LogP contribution in [0.15, 0.2) is 12.1 Å². The topological polar surface area (TPSA) is 120 Å². The minimum absolute atomic E-state index is 0.152. The Kier molecular flexibility index (Phi) is 11.4. The molecule has 1 aromatic carbocycles. The Bertz CT molecular complexity index is 839. The Balaban J connectivity index is 0.000000655. The Labute approximate surface area is 207 Å². The van der Waals surface area contributed by atoms with E-state index < -0.39 is 0 Å². The number of aryl methyl sites for hydroxylation is 2. The molecular formula is C25H39N3O7. The fourth-order valence-electron chi connectivity index (χ4n) is 5.15. The fourth-order valence-corrected chi connectivity index (χ4v) is 5.15. The van der Waals surface area contributed by atoms with Crippen LogP contribution in [0.2, 0.25) is 0 Å². The van der Waals surface area contributed by atoms with Crippen molar-refractivity contribution in [2.75, 3.05) is 66.1 Å². The number of carbonyl (C=O) groups is 3. The third-order valence-electron chi connectivity index (χ3n) is 7.07. The molecule has 0 aliphatic carbocycles. The first-order chi connectivity index (χ1) is 16.8. The summed E-state index contributed by atoms with van der Waals surface area (Å²) in [4.78, 5) is 37.0. The number of methoxy groups -OCH3 is 1. The molecule has 1 unspecified atom stereocenters. The Morgan fingerprint density at radius 3 is 2.23 bits per heavy atom. The zero-order valence-corrected chi connectivity index (χ0v) is 21.1. The van der Waals surface area contributed by atoms with Gasteiger partial charge in [0.05, 0.1) is 25.7 Å². The van der Waals surface area contributed by atoms with E-state index in [0.717, 1.165) is 84.2 Å². The molecule has 3 aliphatic rings. The van der Waals surface area contributed by atoms with Crippen molar-refractivity contribution in [3.05, 3.63) is 28.8 Å². The van der Waals surface area contributed by atoms with Crippen LogP contribution in [0.4, 0.5) is 0 Å². The molecule has 0 radical (unpaired) electrons. The van der Waals surface area contributed by atoms with E-state index in [0.29, 0.717) is 5.91 Å². The molecule has 0 aromatic heterocycles. The predicted octanol–water partition coefficient (Wildman–Crippen LogP) is 1.47. The molecular weight excluding hydrogens is 454 g/mol. The number of carbonyl (C=O) groups excluding carboxylic acids is 1. The zero-order chi connectivity index (χ0) is 25.8. The van der Waals surface area contributed by atoms with Crippen LogP contribution in [0.25, 0.3) is 0 Å². The number of hydrogen-bond acceptors (Lipinski definition) is 7. The van der Waals surface area contributed by atoms with Crippen LogP contribution in [0, 0.1) is 19.3 Å². The quantitative estimate of drug-likeness (QED) is 0.568. The molecule has 0 bridgehead atoms. The van der Waals surface area contributed by atoms with E-state index in [-0.39, 0.29) is 18.4 Å². The normalized spacial score (nSPS) is 22.3. The number of ether oxygens (including phenoxy) is 2. The van der Waals surface area contributed by atoms with Crippen molar-refractivity contribution in [1.82, 2.24) is 14.7 Å². The van der Waals surface area contributed by atoms with Gasteiger partial charge in [0, 0.05) is 45.8 Å². The first kappa shape index (κ1) is 28.5. The lowest BCUT2D eigenvalue weighted by atomic mass is 9.85. The van der Waals surface area contributed by atoms with Crippen LogP contribution in [0.3, 0.4) is 0 Å². The molecule has 10 nitrogen and oxygen atoms in total. The van der Waals surface area contributed by atoms with Gasteiger partial charge >= 0.3 is 0 Å². The van der Waals surface area contributed by atoms with Crippen molar-refractivity contribution >= 4 is 18.9 Å². The summed E-state index contributed by atoms with van der Waals surface area (Å²) in [6, 6.07) is 4.37. The van der Waals surface area contributed by atoms with Gasteiger partial charge in [0.25, 0.3) is 12.9 Å². The molecule has 196 valence electrons. The van der Waals surface area contributed by atoms with Gasteiger partial charge in [-0.05, 0) is 56.0 Å². The minimum Gasteiger partial charge on any atom is -0.496 e. The monoisotopic (exact) mass is 493 g/mol. The van der Waals surface area contributed by atoms with E-state index >= 15 is 0 Å². The van der Waals surface area contributed by atoms with E-state index in [4.69, 9.17) is 29.3 Å². The fraction of sp³-hybridized carbons (Fsp3) is 0.640. The molecule has 2 N–H and O–H groups in total. The summed E-state index contributed by atoms with van der Waals surface area (Å²) in [5.74, 6) is 1.34. The first-order valence-electron chi connectivity index (χ1n) is 12.0. The maximum Gasteiger partial charge on any atom is 0.290 e. The van der Waals surface area contributed by atoms with Gasteiger partial charge in [-0.25, -0.2) is 0 Å². The number of benzene rings is 1. The number of hydrogen-bond donors (Lipinski definition) is 2. The molecule has 3 fully saturated rings. The first-order valence-corrected chi connectivity index (χ1v) is 12.0. The molecule has 4 rings (SSSR count). The van der Waals surface area contributed by atoms with Crippen molar-refractivity contribution in [1.29, 1.82) is 0 Å². The Morgan fingerprint density at radius 2 is 1.60 bits per heavy atom. The highest BCUT2D eigenvalue weighted by Gasteiger charge is 2.50. The molecule has 1 aromatic rings.